The van der Waals surface area contributed by atoms with Crippen LogP contribution in [0.3, 0.4) is 0 Å². The fourth-order valence-corrected chi connectivity index (χ4v) is 4.12. The van der Waals surface area contributed by atoms with E-state index in [4.69, 9.17) is 4.74 Å². The lowest BCUT2D eigenvalue weighted by Gasteiger charge is -2.42. The quantitative estimate of drug-likeness (QED) is 0.690. The Bertz CT molecular complexity index is 661. The van der Waals surface area contributed by atoms with Crippen LogP contribution in [0.25, 0.3) is 0 Å². The number of aryl methyl sites for hydroxylation is 1. The molecular formula is C19H24N2O2. The van der Waals surface area contributed by atoms with Crippen molar-refractivity contribution in [3.63, 3.8) is 0 Å². The van der Waals surface area contributed by atoms with Gasteiger partial charge in [0.05, 0.1) is 7.11 Å². The molecule has 0 spiro atoms. The van der Waals surface area contributed by atoms with Gasteiger partial charge in [0, 0.05) is 30.1 Å². The van der Waals surface area contributed by atoms with Gasteiger partial charge in [-0.3, -0.25) is 0 Å². The van der Waals surface area contributed by atoms with Crippen LogP contribution in [0.2, 0.25) is 0 Å². The molecule has 23 heavy (non-hydrogen) atoms. The maximum absolute atomic E-state index is 12.0. The van der Waals surface area contributed by atoms with Crippen LogP contribution in [0.1, 0.15) is 43.9 Å². The summed E-state index contributed by atoms with van der Waals surface area (Å²) < 4.78 is 4.95. The standard InChI is InChI=1S/C19H24N2O2/c1-14-9-11-20-16(13-14)8-7-15-5-4-6-17-19(15,2)10-12-21(17)18(22)23-3/h9,11,13,15,17H,4-6,10,12H2,1-3H3/t15?,17-,19+/m1/s1. The molecule has 1 aliphatic heterocycles. The Morgan fingerprint density at radius 2 is 2.30 bits per heavy atom. The summed E-state index contributed by atoms with van der Waals surface area (Å²) in [7, 11) is 1.46. The lowest BCUT2D eigenvalue weighted by atomic mass is 9.65. The van der Waals surface area contributed by atoms with Crippen molar-refractivity contribution >= 4 is 6.09 Å². The number of likely N-dealkylation sites (tertiary alicyclic amines) is 1. The normalized spacial score (nSPS) is 29.4. The monoisotopic (exact) mass is 312 g/mol. The smallest absolute Gasteiger partial charge is 0.409 e. The molecule has 1 aromatic heterocycles. The van der Waals surface area contributed by atoms with Gasteiger partial charge in [0.2, 0.25) is 0 Å². The first-order chi connectivity index (χ1) is 11.0. The van der Waals surface area contributed by atoms with Gasteiger partial charge in [0.15, 0.2) is 0 Å². The van der Waals surface area contributed by atoms with E-state index >= 15 is 0 Å². The van der Waals surface area contributed by atoms with E-state index in [0.29, 0.717) is 5.92 Å². The van der Waals surface area contributed by atoms with Crippen LogP contribution in [0, 0.1) is 30.1 Å². The van der Waals surface area contributed by atoms with Gasteiger partial charge in [-0.1, -0.05) is 19.3 Å². The highest BCUT2D eigenvalue weighted by atomic mass is 16.5. The fourth-order valence-electron chi connectivity index (χ4n) is 4.12. The molecule has 4 nitrogen and oxygen atoms in total. The van der Waals surface area contributed by atoms with Crippen molar-refractivity contribution < 1.29 is 9.53 Å². The highest BCUT2D eigenvalue weighted by Gasteiger charge is 2.51. The van der Waals surface area contributed by atoms with Crippen molar-refractivity contribution in [1.82, 2.24) is 9.88 Å². The number of ether oxygens (including phenoxy) is 1. The molecule has 3 atom stereocenters. The van der Waals surface area contributed by atoms with E-state index < -0.39 is 0 Å². The number of nitrogens with zero attached hydrogens (tertiary/aromatic N) is 2. The third-order valence-corrected chi connectivity index (χ3v) is 5.49. The second-order valence-electron chi connectivity index (χ2n) is 6.91. The average molecular weight is 312 g/mol. The van der Waals surface area contributed by atoms with Gasteiger partial charge in [-0.25, -0.2) is 9.78 Å². The maximum atomic E-state index is 12.0. The van der Waals surface area contributed by atoms with Gasteiger partial charge in [-0.15, -0.1) is 0 Å². The van der Waals surface area contributed by atoms with Crippen molar-refractivity contribution in [3.8, 4) is 11.8 Å². The minimum absolute atomic E-state index is 0.0588. The van der Waals surface area contributed by atoms with Crippen molar-refractivity contribution in [2.24, 2.45) is 11.3 Å². The Hall–Kier alpha value is -2.02. The summed E-state index contributed by atoms with van der Waals surface area (Å²) >= 11 is 0. The Kier molecular flexibility index (Phi) is 4.30. The lowest BCUT2D eigenvalue weighted by molar-refractivity contribution is 0.0676. The Labute approximate surface area is 138 Å². The first-order valence-corrected chi connectivity index (χ1v) is 8.33. The van der Waals surface area contributed by atoms with Gasteiger partial charge in [-0.2, -0.15) is 0 Å². The molecule has 122 valence electrons. The molecule has 1 aromatic rings. The summed E-state index contributed by atoms with van der Waals surface area (Å²) in [5.74, 6) is 7.02. The Morgan fingerprint density at radius 1 is 1.48 bits per heavy atom. The van der Waals surface area contributed by atoms with Gasteiger partial charge < -0.3 is 9.64 Å². The molecule has 0 bridgehead atoms. The van der Waals surface area contributed by atoms with Gasteiger partial charge in [0.1, 0.15) is 5.69 Å². The maximum Gasteiger partial charge on any atom is 0.409 e. The summed E-state index contributed by atoms with van der Waals surface area (Å²) in [6.07, 6.45) is 5.85. The van der Waals surface area contributed by atoms with Crippen LogP contribution >= 0.6 is 0 Å². The number of amides is 1. The molecule has 4 heteroatoms. The van der Waals surface area contributed by atoms with Crippen molar-refractivity contribution in [2.45, 2.75) is 45.6 Å². The van der Waals surface area contributed by atoms with Gasteiger partial charge in [0.25, 0.3) is 0 Å². The second-order valence-corrected chi connectivity index (χ2v) is 6.91. The number of rotatable bonds is 0. The summed E-state index contributed by atoms with van der Waals surface area (Å²) in [5, 5.41) is 0. The topological polar surface area (TPSA) is 42.4 Å². The van der Waals surface area contributed by atoms with E-state index in [-0.39, 0.29) is 17.6 Å². The number of carbonyl (C=O) groups is 1. The molecule has 1 amide bonds. The number of carbonyl (C=O) groups excluding carboxylic acids is 1. The van der Waals surface area contributed by atoms with Crippen molar-refractivity contribution in [3.05, 3.63) is 29.6 Å². The number of pyridine rings is 1. The van der Waals surface area contributed by atoms with E-state index in [1.807, 2.05) is 17.0 Å². The van der Waals surface area contributed by atoms with Crippen LogP contribution in [0.4, 0.5) is 4.79 Å². The lowest BCUT2D eigenvalue weighted by Crippen LogP contribution is -2.46. The molecule has 1 unspecified atom stereocenters. The molecule has 0 radical (unpaired) electrons. The van der Waals surface area contributed by atoms with E-state index in [0.717, 1.165) is 37.9 Å². The fraction of sp³-hybridized carbons (Fsp3) is 0.579. The molecule has 1 saturated heterocycles. The molecule has 1 saturated carbocycles. The molecule has 1 aliphatic carbocycles. The van der Waals surface area contributed by atoms with Gasteiger partial charge >= 0.3 is 6.09 Å². The minimum Gasteiger partial charge on any atom is -0.453 e. The van der Waals surface area contributed by atoms with E-state index in [1.54, 1.807) is 6.20 Å². The molecule has 0 aromatic carbocycles. The predicted molar refractivity (Wildman–Crippen MR) is 88.8 cm³/mol. The number of aromatic nitrogens is 1. The van der Waals surface area contributed by atoms with Crippen LogP contribution in [-0.2, 0) is 4.74 Å². The zero-order valence-corrected chi connectivity index (χ0v) is 14.1. The molecule has 3 rings (SSSR count). The summed E-state index contributed by atoms with van der Waals surface area (Å²) in [5.41, 5.74) is 2.07. The zero-order chi connectivity index (χ0) is 16.4. The minimum atomic E-state index is -0.201. The van der Waals surface area contributed by atoms with Gasteiger partial charge in [-0.05, 0) is 49.8 Å². The van der Waals surface area contributed by atoms with E-state index in [2.05, 4.69) is 30.7 Å². The van der Waals surface area contributed by atoms with E-state index in [9.17, 15) is 4.79 Å². The SMILES string of the molecule is COC(=O)N1CC[C@@]2(C)C(C#Cc3cc(C)ccn3)CCC[C@@H]12. The van der Waals surface area contributed by atoms with E-state index in [1.165, 1.54) is 12.7 Å². The first kappa shape index (κ1) is 15.9. The van der Waals surface area contributed by atoms with Crippen LogP contribution in [0.15, 0.2) is 18.3 Å². The zero-order valence-electron chi connectivity index (χ0n) is 14.1. The van der Waals surface area contributed by atoms with Crippen LogP contribution in [-0.4, -0.2) is 35.7 Å². The number of hydrogen-bond donors (Lipinski definition) is 0. The average Bonchev–Trinajstić information content (AvgIpc) is 2.90. The highest BCUT2D eigenvalue weighted by molar-refractivity contribution is 5.68. The van der Waals surface area contributed by atoms with Crippen LogP contribution in [0.5, 0.6) is 0 Å². The molecular weight excluding hydrogens is 288 g/mol. The van der Waals surface area contributed by atoms with Crippen LogP contribution < -0.4 is 0 Å². The third kappa shape index (κ3) is 2.93. The van der Waals surface area contributed by atoms with Crippen molar-refractivity contribution in [2.75, 3.05) is 13.7 Å². The summed E-state index contributed by atoms with van der Waals surface area (Å²) in [4.78, 5) is 18.2. The molecule has 2 aliphatic rings. The Balaban J connectivity index is 1.83. The number of fused-ring (bicyclic) bond motifs is 1. The highest BCUT2D eigenvalue weighted by Crippen LogP contribution is 2.50. The summed E-state index contributed by atoms with van der Waals surface area (Å²) in [6.45, 7) is 5.10. The molecule has 2 heterocycles. The number of hydrogen-bond acceptors (Lipinski definition) is 3. The summed E-state index contributed by atoms with van der Waals surface area (Å²) in [6, 6.07) is 4.24. The largest absolute Gasteiger partial charge is 0.453 e. The second kappa shape index (κ2) is 6.23. The van der Waals surface area contributed by atoms with Crippen molar-refractivity contribution in [1.29, 1.82) is 0 Å². The predicted octanol–water partition coefficient (Wildman–Crippen LogP) is 3.39. The molecule has 0 N–H and O–H groups in total. The third-order valence-electron chi connectivity index (χ3n) is 5.49. The molecule has 2 fully saturated rings. The number of methoxy groups -OCH3 is 1. The Morgan fingerprint density at radius 3 is 3.04 bits per heavy atom. The first-order valence-electron chi connectivity index (χ1n) is 8.33.